The number of hydrogen-bond acceptors (Lipinski definition) is 3. The minimum absolute atomic E-state index is 0.0630. The highest BCUT2D eigenvalue weighted by Crippen LogP contribution is 2.21. The van der Waals surface area contributed by atoms with Gasteiger partial charge in [-0.3, -0.25) is 4.79 Å². The molecule has 1 aliphatic rings. The van der Waals surface area contributed by atoms with Gasteiger partial charge >= 0.3 is 0 Å². The highest BCUT2D eigenvalue weighted by Gasteiger charge is 2.26. The molecular weight excluding hydrogens is 300 g/mol. The number of carbonyl (C=O) groups is 1. The van der Waals surface area contributed by atoms with Crippen molar-refractivity contribution >= 4 is 15.9 Å². The van der Waals surface area contributed by atoms with Crippen molar-refractivity contribution in [2.24, 2.45) is 0 Å². The fraction of sp³-hybridized carbons (Fsp3) is 0.562. The van der Waals surface area contributed by atoms with Crippen LogP contribution in [0.2, 0.25) is 0 Å². The van der Waals surface area contributed by atoms with E-state index in [1.54, 1.807) is 29.2 Å². The minimum Gasteiger partial charge on any atom is -0.339 e. The fourth-order valence-electron chi connectivity index (χ4n) is 2.72. The monoisotopic (exact) mass is 324 g/mol. The second-order valence-electron chi connectivity index (χ2n) is 5.47. The zero-order valence-corrected chi connectivity index (χ0v) is 14.1. The standard InChI is InChI=1S/C16H24N2O3S/c1-3-17(4-2)16(19)14-8-10-15(11-9-14)22(20,21)18-12-6-5-7-13-18/h8-11H,3-7,12-13H2,1-2H3. The maximum absolute atomic E-state index is 12.5. The van der Waals surface area contributed by atoms with Crippen LogP contribution in [0.5, 0.6) is 0 Å². The van der Waals surface area contributed by atoms with Crippen molar-refractivity contribution in [1.29, 1.82) is 0 Å². The van der Waals surface area contributed by atoms with E-state index >= 15 is 0 Å². The number of nitrogens with zero attached hydrogens (tertiary/aromatic N) is 2. The van der Waals surface area contributed by atoms with Crippen LogP contribution >= 0.6 is 0 Å². The molecule has 0 atom stereocenters. The van der Waals surface area contributed by atoms with E-state index in [0.29, 0.717) is 31.7 Å². The summed E-state index contributed by atoms with van der Waals surface area (Å²) in [7, 11) is -3.43. The normalized spacial score (nSPS) is 16.5. The molecule has 0 radical (unpaired) electrons. The van der Waals surface area contributed by atoms with Crippen LogP contribution in [0.15, 0.2) is 29.2 Å². The van der Waals surface area contributed by atoms with Gasteiger partial charge in [0.15, 0.2) is 0 Å². The van der Waals surface area contributed by atoms with E-state index in [1.807, 2.05) is 13.8 Å². The summed E-state index contributed by atoms with van der Waals surface area (Å²) in [5, 5.41) is 0. The average molecular weight is 324 g/mol. The zero-order valence-electron chi connectivity index (χ0n) is 13.3. The van der Waals surface area contributed by atoms with Gasteiger partial charge in [-0.2, -0.15) is 4.31 Å². The number of sulfonamides is 1. The third-order valence-corrected chi connectivity index (χ3v) is 6.02. The van der Waals surface area contributed by atoms with E-state index in [2.05, 4.69) is 0 Å². The zero-order chi connectivity index (χ0) is 16.2. The van der Waals surface area contributed by atoms with E-state index in [4.69, 9.17) is 0 Å². The largest absolute Gasteiger partial charge is 0.339 e. The van der Waals surface area contributed by atoms with Crippen molar-refractivity contribution in [3.8, 4) is 0 Å². The van der Waals surface area contributed by atoms with Crippen LogP contribution in [0.3, 0.4) is 0 Å². The average Bonchev–Trinajstić information content (AvgIpc) is 2.57. The summed E-state index contributed by atoms with van der Waals surface area (Å²) in [4.78, 5) is 14.2. The first-order valence-electron chi connectivity index (χ1n) is 7.90. The van der Waals surface area contributed by atoms with Crippen LogP contribution in [-0.4, -0.2) is 49.7 Å². The quantitative estimate of drug-likeness (QED) is 0.835. The first kappa shape index (κ1) is 17.0. The van der Waals surface area contributed by atoms with Crippen molar-refractivity contribution in [2.45, 2.75) is 38.0 Å². The molecule has 0 aromatic heterocycles. The number of carbonyl (C=O) groups excluding carboxylic acids is 1. The Morgan fingerprint density at radius 1 is 1.05 bits per heavy atom. The number of rotatable bonds is 5. The van der Waals surface area contributed by atoms with Crippen LogP contribution in [-0.2, 0) is 10.0 Å². The predicted octanol–water partition coefficient (Wildman–Crippen LogP) is 2.34. The Morgan fingerprint density at radius 2 is 1.59 bits per heavy atom. The van der Waals surface area contributed by atoms with Crippen molar-refractivity contribution in [1.82, 2.24) is 9.21 Å². The Kier molecular flexibility index (Phi) is 5.58. The van der Waals surface area contributed by atoms with Crippen molar-refractivity contribution < 1.29 is 13.2 Å². The number of benzene rings is 1. The summed E-state index contributed by atoms with van der Waals surface area (Å²) < 4.78 is 26.6. The summed E-state index contributed by atoms with van der Waals surface area (Å²) in [6, 6.07) is 6.30. The van der Waals surface area contributed by atoms with E-state index in [1.165, 1.54) is 4.31 Å². The molecule has 0 unspecified atom stereocenters. The Hall–Kier alpha value is -1.40. The van der Waals surface area contributed by atoms with Crippen LogP contribution in [0.1, 0.15) is 43.5 Å². The summed E-state index contributed by atoms with van der Waals surface area (Å²) in [5.41, 5.74) is 0.529. The summed E-state index contributed by atoms with van der Waals surface area (Å²) in [6.07, 6.45) is 2.92. The smallest absolute Gasteiger partial charge is 0.253 e. The molecule has 0 bridgehead atoms. The molecule has 1 saturated heterocycles. The summed E-state index contributed by atoms with van der Waals surface area (Å²) in [6.45, 7) is 6.31. The van der Waals surface area contributed by atoms with Crippen LogP contribution in [0.25, 0.3) is 0 Å². The van der Waals surface area contributed by atoms with E-state index < -0.39 is 10.0 Å². The van der Waals surface area contributed by atoms with Gasteiger partial charge in [0, 0.05) is 31.7 Å². The Labute approximate surface area is 133 Å². The van der Waals surface area contributed by atoms with Crippen LogP contribution in [0.4, 0.5) is 0 Å². The molecule has 0 aliphatic carbocycles. The van der Waals surface area contributed by atoms with Gasteiger partial charge in [-0.25, -0.2) is 8.42 Å². The van der Waals surface area contributed by atoms with Gasteiger partial charge in [-0.05, 0) is 51.0 Å². The van der Waals surface area contributed by atoms with Crippen molar-refractivity contribution in [2.75, 3.05) is 26.2 Å². The molecule has 1 aromatic carbocycles. The molecule has 1 aromatic rings. The molecule has 5 nitrogen and oxygen atoms in total. The van der Waals surface area contributed by atoms with Gasteiger partial charge < -0.3 is 4.90 Å². The highest BCUT2D eigenvalue weighted by atomic mass is 32.2. The third kappa shape index (κ3) is 3.50. The second-order valence-corrected chi connectivity index (χ2v) is 7.40. The molecule has 1 amide bonds. The van der Waals surface area contributed by atoms with Crippen LogP contribution in [0, 0.1) is 0 Å². The molecule has 22 heavy (non-hydrogen) atoms. The molecule has 6 heteroatoms. The van der Waals surface area contributed by atoms with Gasteiger partial charge in [0.2, 0.25) is 10.0 Å². The lowest BCUT2D eigenvalue weighted by Gasteiger charge is -2.26. The maximum atomic E-state index is 12.5. The predicted molar refractivity (Wildman–Crippen MR) is 86.3 cm³/mol. The van der Waals surface area contributed by atoms with Crippen LogP contribution < -0.4 is 0 Å². The molecule has 1 heterocycles. The molecule has 1 fully saturated rings. The maximum Gasteiger partial charge on any atom is 0.253 e. The van der Waals surface area contributed by atoms with Gasteiger partial charge in [-0.1, -0.05) is 6.42 Å². The molecule has 1 aliphatic heterocycles. The first-order chi connectivity index (χ1) is 10.5. The van der Waals surface area contributed by atoms with Crippen molar-refractivity contribution in [3.05, 3.63) is 29.8 Å². The lowest BCUT2D eigenvalue weighted by atomic mass is 10.2. The second kappa shape index (κ2) is 7.24. The van der Waals surface area contributed by atoms with Gasteiger partial charge in [0.05, 0.1) is 4.90 Å². The number of amides is 1. The molecule has 0 N–H and O–H groups in total. The number of hydrogen-bond donors (Lipinski definition) is 0. The van der Waals surface area contributed by atoms with Gasteiger partial charge in [0.1, 0.15) is 0 Å². The Bertz CT molecular complexity index is 601. The fourth-order valence-corrected chi connectivity index (χ4v) is 4.23. The lowest BCUT2D eigenvalue weighted by molar-refractivity contribution is 0.0773. The minimum atomic E-state index is -3.43. The Morgan fingerprint density at radius 3 is 2.09 bits per heavy atom. The first-order valence-corrected chi connectivity index (χ1v) is 9.34. The van der Waals surface area contributed by atoms with Gasteiger partial charge in [0.25, 0.3) is 5.91 Å². The molecule has 2 rings (SSSR count). The summed E-state index contributed by atoms with van der Waals surface area (Å²) in [5.74, 6) is -0.0630. The Balaban J connectivity index is 2.19. The SMILES string of the molecule is CCN(CC)C(=O)c1ccc(S(=O)(=O)N2CCCCC2)cc1. The molecule has 0 spiro atoms. The molecular formula is C16H24N2O3S. The lowest BCUT2D eigenvalue weighted by Crippen LogP contribution is -2.35. The summed E-state index contributed by atoms with van der Waals surface area (Å²) >= 11 is 0. The molecule has 0 saturated carbocycles. The third-order valence-electron chi connectivity index (χ3n) is 4.10. The number of piperidine rings is 1. The van der Waals surface area contributed by atoms with E-state index in [-0.39, 0.29) is 10.8 Å². The topological polar surface area (TPSA) is 57.7 Å². The van der Waals surface area contributed by atoms with E-state index in [0.717, 1.165) is 19.3 Å². The highest BCUT2D eigenvalue weighted by molar-refractivity contribution is 7.89. The van der Waals surface area contributed by atoms with Gasteiger partial charge in [-0.15, -0.1) is 0 Å². The molecule has 122 valence electrons. The van der Waals surface area contributed by atoms with Crippen molar-refractivity contribution in [3.63, 3.8) is 0 Å². The van der Waals surface area contributed by atoms with E-state index in [9.17, 15) is 13.2 Å².